The zero-order valence-corrected chi connectivity index (χ0v) is 10.6. The number of amides is 4. The molecule has 0 atom stereocenters. The van der Waals surface area contributed by atoms with Crippen molar-refractivity contribution in [1.82, 2.24) is 15.1 Å². The lowest BCUT2D eigenvalue weighted by Crippen LogP contribution is -2.62. The first-order chi connectivity index (χ1) is 8.25. The average molecular weight is 250 g/mol. The van der Waals surface area contributed by atoms with Gasteiger partial charge in [-0.3, -0.25) is 19.6 Å². The molecule has 1 saturated heterocycles. The predicted octanol–water partition coefficient (Wildman–Crippen LogP) is 0.338. The number of aryl methyl sites for hydroxylation is 2. The maximum absolute atomic E-state index is 12.2. The molecule has 2 rings (SSSR count). The normalized spacial score (nSPS) is 19.1. The highest BCUT2D eigenvalue weighted by Crippen LogP contribution is 2.29. The minimum Gasteiger partial charge on any atom is -0.276 e. The third-order valence-corrected chi connectivity index (χ3v) is 2.96. The molecule has 1 aliphatic rings. The number of hydrogen-bond donors (Lipinski definition) is 1. The predicted molar refractivity (Wildman–Crippen MR) is 62.8 cm³/mol. The molecule has 0 aliphatic carbocycles. The highest BCUT2D eigenvalue weighted by atomic mass is 16.2. The summed E-state index contributed by atoms with van der Waals surface area (Å²) in [5, 5.41) is 6.25. The molecule has 2 heterocycles. The summed E-state index contributed by atoms with van der Waals surface area (Å²) in [6.45, 7) is 4.66. The molecule has 1 aromatic heterocycles. The smallest absolute Gasteiger partial charge is 0.276 e. The number of barbiturate groups is 1. The molecular formula is C11H14N4O3. The number of rotatable bonds is 1. The van der Waals surface area contributed by atoms with Crippen molar-refractivity contribution in [3.63, 3.8) is 0 Å². The van der Waals surface area contributed by atoms with Gasteiger partial charge in [0.2, 0.25) is 11.8 Å². The highest BCUT2D eigenvalue weighted by Gasteiger charge is 2.48. The number of imide groups is 2. The standard InChI is InChI=1S/C11H14N4O3/c1-6-7(5-14(4)13-6)15-9(17)11(2,3)8(16)12-10(15)18/h5H,1-4H3,(H,12,16,18). The third-order valence-electron chi connectivity index (χ3n) is 2.96. The van der Waals surface area contributed by atoms with E-state index in [4.69, 9.17) is 0 Å². The highest BCUT2D eigenvalue weighted by molar-refractivity contribution is 6.29. The first-order valence-corrected chi connectivity index (χ1v) is 5.45. The van der Waals surface area contributed by atoms with Crippen molar-refractivity contribution < 1.29 is 14.4 Å². The summed E-state index contributed by atoms with van der Waals surface area (Å²) < 4.78 is 1.51. The number of carbonyl (C=O) groups is 3. The van der Waals surface area contributed by atoms with Gasteiger partial charge in [0.1, 0.15) is 5.41 Å². The van der Waals surface area contributed by atoms with Gasteiger partial charge in [-0.15, -0.1) is 0 Å². The van der Waals surface area contributed by atoms with Gasteiger partial charge in [0.25, 0.3) is 0 Å². The number of carbonyl (C=O) groups excluding carboxylic acids is 3. The van der Waals surface area contributed by atoms with Crippen molar-refractivity contribution in [1.29, 1.82) is 0 Å². The second-order valence-electron chi connectivity index (χ2n) is 4.80. The van der Waals surface area contributed by atoms with Crippen LogP contribution in [0, 0.1) is 12.3 Å². The summed E-state index contributed by atoms with van der Waals surface area (Å²) in [5.74, 6) is -1.14. The van der Waals surface area contributed by atoms with E-state index in [1.54, 1.807) is 20.2 Å². The van der Waals surface area contributed by atoms with Crippen LogP contribution in [0.2, 0.25) is 0 Å². The van der Waals surface area contributed by atoms with Gasteiger partial charge < -0.3 is 0 Å². The van der Waals surface area contributed by atoms with Crippen molar-refractivity contribution in [3.8, 4) is 0 Å². The lowest BCUT2D eigenvalue weighted by Gasteiger charge is -2.34. The number of anilines is 1. The zero-order valence-electron chi connectivity index (χ0n) is 10.6. The third kappa shape index (κ3) is 1.59. The molecule has 1 fully saturated rings. The van der Waals surface area contributed by atoms with Crippen molar-refractivity contribution in [2.45, 2.75) is 20.8 Å². The molecule has 0 unspecified atom stereocenters. The topological polar surface area (TPSA) is 84.3 Å². The van der Waals surface area contributed by atoms with Gasteiger partial charge in [0, 0.05) is 13.2 Å². The second-order valence-corrected chi connectivity index (χ2v) is 4.80. The number of nitrogens with one attached hydrogen (secondary N) is 1. The molecule has 1 aromatic rings. The van der Waals surface area contributed by atoms with Crippen LogP contribution in [0.5, 0.6) is 0 Å². The minimum absolute atomic E-state index is 0.389. The lowest BCUT2D eigenvalue weighted by molar-refractivity contribution is -0.140. The maximum atomic E-state index is 12.2. The molecule has 0 radical (unpaired) electrons. The molecule has 7 nitrogen and oxygen atoms in total. The fourth-order valence-corrected chi connectivity index (χ4v) is 1.80. The van der Waals surface area contributed by atoms with Gasteiger partial charge >= 0.3 is 6.03 Å². The summed E-state index contributed by atoms with van der Waals surface area (Å²) in [7, 11) is 1.69. The molecule has 4 amide bonds. The zero-order chi connectivity index (χ0) is 13.7. The SMILES string of the molecule is Cc1nn(C)cc1N1C(=O)NC(=O)C(C)(C)C1=O. The molecule has 96 valence electrons. The van der Waals surface area contributed by atoms with E-state index in [0.717, 1.165) is 4.90 Å². The molecule has 0 bridgehead atoms. The van der Waals surface area contributed by atoms with Crippen LogP contribution in [0.15, 0.2) is 6.20 Å². The Morgan fingerprint density at radius 3 is 2.39 bits per heavy atom. The Labute approximate surface area is 104 Å². The molecule has 1 aliphatic heterocycles. The minimum atomic E-state index is -1.27. The Hall–Kier alpha value is -2.18. The fourth-order valence-electron chi connectivity index (χ4n) is 1.80. The van der Waals surface area contributed by atoms with Crippen molar-refractivity contribution >= 4 is 23.5 Å². The van der Waals surface area contributed by atoms with Crippen LogP contribution >= 0.6 is 0 Å². The summed E-state index contributed by atoms with van der Waals surface area (Å²) in [6.07, 6.45) is 1.57. The van der Waals surface area contributed by atoms with E-state index >= 15 is 0 Å². The van der Waals surface area contributed by atoms with Crippen LogP contribution in [-0.2, 0) is 16.6 Å². The van der Waals surface area contributed by atoms with E-state index in [0.29, 0.717) is 11.4 Å². The molecule has 18 heavy (non-hydrogen) atoms. The van der Waals surface area contributed by atoms with Gasteiger partial charge in [0.05, 0.1) is 11.4 Å². The molecule has 0 spiro atoms. The first-order valence-electron chi connectivity index (χ1n) is 5.45. The number of nitrogens with zero attached hydrogens (tertiary/aromatic N) is 3. The maximum Gasteiger partial charge on any atom is 0.335 e. The summed E-state index contributed by atoms with van der Waals surface area (Å²) >= 11 is 0. The van der Waals surface area contributed by atoms with Gasteiger partial charge in [-0.2, -0.15) is 5.10 Å². The van der Waals surface area contributed by atoms with Gasteiger partial charge in [0.15, 0.2) is 0 Å². The summed E-state index contributed by atoms with van der Waals surface area (Å²) in [5.41, 5.74) is -0.331. The number of aromatic nitrogens is 2. The molecule has 1 N–H and O–H groups in total. The van der Waals surface area contributed by atoms with E-state index in [-0.39, 0.29) is 0 Å². The van der Waals surface area contributed by atoms with E-state index in [1.807, 2.05) is 0 Å². The van der Waals surface area contributed by atoms with Crippen LogP contribution in [0.4, 0.5) is 10.5 Å². The summed E-state index contributed by atoms with van der Waals surface area (Å²) in [4.78, 5) is 36.6. The lowest BCUT2D eigenvalue weighted by atomic mass is 9.88. The van der Waals surface area contributed by atoms with Crippen LogP contribution < -0.4 is 10.2 Å². The van der Waals surface area contributed by atoms with Crippen molar-refractivity contribution in [2.75, 3.05) is 4.90 Å². The largest absolute Gasteiger partial charge is 0.335 e. The molecular weight excluding hydrogens is 236 g/mol. The van der Waals surface area contributed by atoms with Gasteiger partial charge in [-0.25, -0.2) is 9.69 Å². The van der Waals surface area contributed by atoms with Crippen LogP contribution in [0.25, 0.3) is 0 Å². The van der Waals surface area contributed by atoms with E-state index in [1.165, 1.54) is 18.5 Å². The Kier molecular flexibility index (Phi) is 2.50. The second kappa shape index (κ2) is 3.66. The molecule has 0 aromatic carbocycles. The van der Waals surface area contributed by atoms with Gasteiger partial charge in [-0.1, -0.05) is 0 Å². The van der Waals surface area contributed by atoms with Crippen molar-refractivity contribution in [2.24, 2.45) is 12.5 Å². The van der Waals surface area contributed by atoms with Crippen LogP contribution in [-0.4, -0.2) is 27.6 Å². The quantitative estimate of drug-likeness (QED) is 0.728. The first kappa shape index (κ1) is 12.3. The molecule has 7 heteroatoms. The molecule has 0 saturated carbocycles. The Morgan fingerprint density at radius 2 is 1.89 bits per heavy atom. The number of urea groups is 1. The van der Waals surface area contributed by atoms with Crippen LogP contribution in [0.3, 0.4) is 0 Å². The Morgan fingerprint density at radius 1 is 1.28 bits per heavy atom. The van der Waals surface area contributed by atoms with Crippen molar-refractivity contribution in [3.05, 3.63) is 11.9 Å². The van der Waals surface area contributed by atoms with E-state index in [9.17, 15) is 14.4 Å². The monoisotopic (exact) mass is 250 g/mol. The Bertz CT molecular complexity index is 559. The fraction of sp³-hybridized carbons (Fsp3) is 0.455. The van der Waals surface area contributed by atoms with Crippen LogP contribution in [0.1, 0.15) is 19.5 Å². The number of hydrogen-bond acceptors (Lipinski definition) is 4. The van der Waals surface area contributed by atoms with E-state index < -0.39 is 23.3 Å². The van der Waals surface area contributed by atoms with Gasteiger partial charge in [-0.05, 0) is 20.8 Å². The van der Waals surface area contributed by atoms with E-state index in [2.05, 4.69) is 10.4 Å². The Balaban J connectivity index is 2.50. The average Bonchev–Trinajstić information content (AvgIpc) is 2.56. The summed E-state index contributed by atoms with van der Waals surface area (Å²) in [6, 6.07) is -0.736.